The minimum Gasteiger partial charge on any atom is -0.311 e. The molecule has 0 atom stereocenters. The summed E-state index contributed by atoms with van der Waals surface area (Å²) in [5.41, 5.74) is 1.94. The summed E-state index contributed by atoms with van der Waals surface area (Å²) < 4.78 is 1.77. The number of nitriles is 1. The first kappa shape index (κ1) is 15.0. The maximum absolute atomic E-state index is 12.5. The Kier molecular flexibility index (Phi) is 4.78. The Morgan fingerprint density at radius 2 is 1.90 bits per heavy atom. The van der Waals surface area contributed by atoms with Gasteiger partial charge in [-0.25, -0.2) is 0 Å². The molecule has 100 valence electrons. The average molecular weight is 441 g/mol. The van der Waals surface area contributed by atoms with E-state index in [1.54, 1.807) is 36.2 Å². The van der Waals surface area contributed by atoms with Crippen LogP contribution in [0.2, 0.25) is 0 Å². The number of hydrogen-bond donors (Lipinski definition) is 0. The number of carbonyl (C=O) groups excluding carboxylic acids is 1. The molecule has 0 aliphatic carbocycles. The minimum absolute atomic E-state index is 0.0971. The van der Waals surface area contributed by atoms with Crippen LogP contribution in [-0.4, -0.2) is 13.0 Å². The van der Waals surface area contributed by atoms with Gasteiger partial charge in [0.25, 0.3) is 5.91 Å². The molecule has 0 aliphatic heterocycles. The monoisotopic (exact) mass is 440 g/mol. The van der Waals surface area contributed by atoms with Crippen LogP contribution >= 0.6 is 38.5 Å². The van der Waals surface area contributed by atoms with Gasteiger partial charge in [0.1, 0.15) is 0 Å². The zero-order chi connectivity index (χ0) is 14.7. The maximum Gasteiger partial charge on any atom is 0.259 e. The van der Waals surface area contributed by atoms with Crippen LogP contribution in [0.1, 0.15) is 15.9 Å². The van der Waals surface area contributed by atoms with Gasteiger partial charge in [0, 0.05) is 20.8 Å². The van der Waals surface area contributed by atoms with Crippen LogP contribution in [0.4, 0.5) is 5.69 Å². The highest BCUT2D eigenvalue weighted by atomic mass is 127. The first-order valence-electron chi connectivity index (χ1n) is 5.76. The fraction of sp³-hybridized carbons (Fsp3) is 0.0667. The van der Waals surface area contributed by atoms with Gasteiger partial charge in [0.05, 0.1) is 17.2 Å². The third-order valence-electron chi connectivity index (χ3n) is 2.85. The van der Waals surface area contributed by atoms with Gasteiger partial charge in [-0.05, 0) is 81.0 Å². The smallest absolute Gasteiger partial charge is 0.259 e. The lowest BCUT2D eigenvalue weighted by atomic mass is 10.1. The molecule has 2 aromatic carbocycles. The first-order valence-corrected chi connectivity index (χ1v) is 7.63. The van der Waals surface area contributed by atoms with Crippen molar-refractivity contribution in [3.8, 4) is 6.07 Å². The van der Waals surface area contributed by atoms with Crippen LogP contribution in [-0.2, 0) is 0 Å². The van der Waals surface area contributed by atoms with E-state index in [1.165, 1.54) is 0 Å². The SMILES string of the molecule is CN(C(=O)c1cc(I)ccc1Br)c1ccc(C#N)cc1. The van der Waals surface area contributed by atoms with E-state index in [9.17, 15) is 4.79 Å². The summed E-state index contributed by atoms with van der Waals surface area (Å²) in [4.78, 5) is 14.1. The molecule has 2 aromatic rings. The number of rotatable bonds is 2. The fourth-order valence-corrected chi connectivity index (χ4v) is 2.63. The zero-order valence-electron chi connectivity index (χ0n) is 10.6. The molecule has 0 heterocycles. The second-order valence-electron chi connectivity index (χ2n) is 4.15. The average Bonchev–Trinajstić information content (AvgIpc) is 2.48. The lowest BCUT2D eigenvalue weighted by molar-refractivity contribution is 0.0992. The van der Waals surface area contributed by atoms with Crippen LogP contribution in [0.15, 0.2) is 46.9 Å². The molecular weight excluding hydrogens is 431 g/mol. The van der Waals surface area contributed by atoms with Crippen LogP contribution in [0.3, 0.4) is 0 Å². The van der Waals surface area contributed by atoms with E-state index in [1.807, 2.05) is 18.2 Å². The standard InChI is InChI=1S/C15H10BrIN2O/c1-19(12-5-2-10(9-18)3-6-12)15(20)13-8-11(17)4-7-14(13)16/h2-8H,1H3. The summed E-state index contributed by atoms with van der Waals surface area (Å²) >= 11 is 5.58. The molecular formula is C15H10BrIN2O. The third-order valence-corrected chi connectivity index (χ3v) is 4.21. The second kappa shape index (κ2) is 6.37. The predicted molar refractivity (Wildman–Crippen MR) is 90.7 cm³/mol. The van der Waals surface area contributed by atoms with Crippen molar-refractivity contribution in [1.29, 1.82) is 5.26 Å². The molecule has 0 saturated carbocycles. The molecule has 0 N–H and O–H groups in total. The number of halogens is 2. The Labute approximate surface area is 139 Å². The van der Waals surface area contributed by atoms with Gasteiger partial charge in [-0.15, -0.1) is 0 Å². The van der Waals surface area contributed by atoms with Crippen LogP contribution < -0.4 is 4.90 Å². The molecule has 0 bridgehead atoms. The van der Waals surface area contributed by atoms with E-state index in [-0.39, 0.29) is 5.91 Å². The molecule has 0 spiro atoms. The normalized spacial score (nSPS) is 9.90. The summed E-state index contributed by atoms with van der Waals surface area (Å²) in [6.45, 7) is 0. The summed E-state index contributed by atoms with van der Waals surface area (Å²) in [5, 5.41) is 8.78. The molecule has 5 heteroatoms. The quantitative estimate of drug-likeness (QED) is 0.657. The lowest BCUT2D eigenvalue weighted by Gasteiger charge is -2.18. The lowest BCUT2D eigenvalue weighted by Crippen LogP contribution is -2.26. The highest BCUT2D eigenvalue weighted by molar-refractivity contribution is 14.1. The van der Waals surface area contributed by atoms with Gasteiger partial charge in [-0.2, -0.15) is 5.26 Å². The van der Waals surface area contributed by atoms with Crippen molar-refractivity contribution in [1.82, 2.24) is 0 Å². The Morgan fingerprint density at radius 3 is 2.50 bits per heavy atom. The fourth-order valence-electron chi connectivity index (χ4n) is 1.72. The van der Waals surface area contributed by atoms with Gasteiger partial charge in [-0.3, -0.25) is 4.79 Å². The summed E-state index contributed by atoms with van der Waals surface area (Å²) in [7, 11) is 1.72. The highest BCUT2D eigenvalue weighted by Gasteiger charge is 2.16. The minimum atomic E-state index is -0.0971. The van der Waals surface area contributed by atoms with Crippen molar-refractivity contribution in [2.75, 3.05) is 11.9 Å². The maximum atomic E-state index is 12.5. The van der Waals surface area contributed by atoms with E-state index >= 15 is 0 Å². The van der Waals surface area contributed by atoms with Gasteiger partial charge >= 0.3 is 0 Å². The van der Waals surface area contributed by atoms with E-state index in [0.29, 0.717) is 11.1 Å². The van der Waals surface area contributed by atoms with Crippen molar-refractivity contribution in [2.45, 2.75) is 0 Å². The molecule has 2 rings (SSSR count). The van der Waals surface area contributed by atoms with Crippen LogP contribution in [0, 0.1) is 14.9 Å². The molecule has 0 saturated heterocycles. The topological polar surface area (TPSA) is 44.1 Å². The van der Waals surface area contributed by atoms with Gasteiger partial charge in [0.15, 0.2) is 0 Å². The molecule has 1 amide bonds. The number of hydrogen-bond acceptors (Lipinski definition) is 2. The summed E-state index contributed by atoms with van der Waals surface area (Å²) in [5.74, 6) is -0.0971. The first-order chi connectivity index (χ1) is 9.52. The zero-order valence-corrected chi connectivity index (χ0v) is 14.3. The van der Waals surface area contributed by atoms with E-state index in [2.05, 4.69) is 44.6 Å². The van der Waals surface area contributed by atoms with Crippen molar-refractivity contribution in [3.63, 3.8) is 0 Å². The van der Waals surface area contributed by atoms with Crippen LogP contribution in [0.25, 0.3) is 0 Å². The van der Waals surface area contributed by atoms with E-state index in [0.717, 1.165) is 13.7 Å². The molecule has 3 nitrogen and oxygen atoms in total. The molecule has 0 fully saturated rings. The van der Waals surface area contributed by atoms with E-state index < -0.39 is 0 Å². The number of carbonyl (C=O) groups is 1. The Hall–Kier alpha value is -1.39. The van der Waals surface area contributed by atoms with Gasteiger partial charge in [0.2, 0.25) is 0 Å². The Balaban J connectivity index is 2.32. The Bertz CT molecular complexity index is 692. The molecule has 0 aromatic heterocycles. The van der Waals surface area contributed by atoms with Crippen molar-refractivity contribution in [2.24, 2.45) is 0 Å². The van der Waals surface area contributed by atoms with E-state index in [4.69, 9.17) is 5.26 Å². The van der Waals surface area contributed by atoms with Gasteiger partial charge < -0.3 is 4.90 Å². The van der Waals surface area contributed by atoms with Crippen molar-refractivity contribution >= 4 is 50.1 Å². The van der Waals surface area contributed by atoms with Gasteiger partial charge in [-0.1, -0.05) is 0 Å². The van der Waals surface area contributed by atoms with Crippen molar-refractivity contribution < 1.29 is 4.79 Å². The largest absolute Gasteiger partial charge is 0.311 e. The third kappa shape index (κ3) is 3.19. The summed E-state index contributed by atoms with van der Waals surface area (Å²) in [6.07, 6.45) is 0. The molecule has 0 aliphatic rings. The van der Waals surface area contributed by atoms with Crippen LogP contribution in [0.5, 0.6) is 0 Å². The second-order valence-corrected chi connectivity index (χ2v) is 6.25. The number of nitrogens with zero attached hydrogens (tertiary/aromatic N) is 2. The summed E-state index contributed by atoms with van der Waals surface area (Å²) in [6, 6.07) is 14.6. The number of amides is 1. The highest BCUT2D eigenvalue weighted by Crippen LogP contribution is 2.23. The molecule has 0 unspecified atom stereocenters. The molecule has 0 radical (unpaired) electrons. The number of benzene rings is 2. The predicted octanol–water partition coefficient (Wildman–Crippen LogP) is 4.20. The number of anilines is 1. The Morgan fingerprint density at radius 1 is 1.25 bits per heavy atom. The van der Waals surface area contributed by atoms with Crippen molar-refractivity contribution in [3.05, 3.63) is 61.6 Å². The molecule has 20 heavy (non-hydrogen) atoms.